The van der Waals surface area contributed by atoms with Gasteiger partial charge in [-0.2, -0.15) is 4.31 Å². The lowest BCUT2D eigenvalue weighted by atomic mass is 10.4. The minimum atomic E-state index is -5.05. The second kappa shape index (κ2) is 11.0. The number of hydrogen-bond acceptors (Lipinski definition) is 6. The molecule has 0 radical (unpaired) electrons. The normalized spacial score (nSPS) is 15.9. The molecule has 112 valence electrons. The first-order chi connectivity index (χ1) is 8.12. The van der Waals surface area contributed by atoms with Gasteiger partial charge in [-0.1, -0.05) is 0 Å². The van der Waals surface area contributed by atoms with Crippen molar-refractivity contribution in [2.75, 3.05) is 32.8 Å². The molecular weight excluding hydrogens is 290 g/mol. The van der Waals surface area contributed by atoms with Crippen LogP contribution >= 0.6 is 15.6 Å². The fourth-order valence-electron chi connectivity index (χ4n) is 0.742. The Balaban J connectivity index is 0. The van der Waals surface area contributed by atoms with Crippen LogP contribution in [-0.4, -0.2) is 57.5 Å². The summed E-state index contributed by atoms with van der Waals surface area (Å²) in [7, 11) is -10.1. The highest BCUT2D eigenvalue weighted by molar-refractivity contribution is 7.60. The summed E-state index contributed by atoms with van der Waals surface area (Å²) in [6, 6.07) is 0. The Kier molecular flexibility index (Phi) is 12.5. The van der Waals surface area contributed by atoms with Gasteiger partial charge in [0.1, 0.15) is 0 Å². The van der Waals surface area contributed by atoms with E-state index in [2.05, 4.69) is 14.9 Å². The van der Waals surface area contributed by atoms with Crippen LogP contribution in [0.5, 0.6) is 0 Å². The number of nitrogens with one attached hydrogen (secondary N) is 2. The molecule has 1 aliphatic rings. The third-order valence-corrected chi connectivity index (χ3v) is 2.87. The Morgan fingerprint density at radius 2 is 1.17 bits per heavy atom. The fourth-order valence-corrected chi connectivity index (χ4v) is 1.85. The zero-order valence-corrected chi connectivity index (χ0v) is 11.7. The predicted molar refractivity (Wildman–Crippen MR) is 63.7 cm³/mol. The molecule has 1 saturated heterocycles. The van der Waals surface area contributed by atoms with E-state index in [-0.39, 0.29) is 6.61 Å². The summed E-state index contributed by atoms with van der Waals surface area (Å²) in [5, 5.41) is 14.0. The summed E-state index contributed by atoms with van der Waals surface area (Å²) < 4.78 is 22.2. The number of aliphatic hydroxyl groups is 1. The topological polar surface area (TPSA) is 169 Å². The molecule has 0 unspecified atom stereocenters. The van der Waals surface area contributed by atoms with Crippen LogP contribution in [0.15, 0.2) is 0 Å². The second-order valence-corrected chi connectivity index (χ2v) is 5.49. The summed E-state index contributed by atoms with van der Waals surface area (Å²) in [5.74, 6) is 0. The maximum Gasteiger partial charge on any atom is 0.478 e. The number of phosphoric acid groups is 2. The number of aliphatic hydroxyl groups excluding tert-OH is 1. The molecule has 1 rings (SSSR count). The largest absolute Gasteiger partial charge is 0.478 e. The van der Waals surface area contributed by atoms with Crippen molar-refractivity contribution in [3.05, 3.63) is 0 Å². The van der Waals surface area contributed by atoms with E-state index in [1.165, 1.54) is 0 Å². The van der Waals surface area contributed by atoms with Crippen molar-refractivity contribution in [3.63, 3.8) is 0 Å². The first kappa shape index (κ1) is 20.5. The molecule has 0 saturated carbocycles. The van der Waals surface area contributed by atoms with Crippen LogP contribution in [-0.2, 0) is 13.4 Å². The molecule has 0 bridgehead atoms. The molecule has 0 aromatic carbocycles. The average Bonchev–Trinajstić information content (AvgIpc) is 2.16. The molecular formula is C6H20N2O8P2. The van der Waals surface area contributed by atoms with Gasteiger partial charge < -0.3 is 35.3 Å². The highest BCUT2D eigenvalue weighted by Gasteiger charge is 2.27. The van der Waals surface area contributed by atoms with Crippen molar-refractivity contribution >= 4 is 15.6 Å². The van der Waals surface area contributed by atoms with Crippen molar-refractivity contribution in [3.8, 4) is 0 Å². The summed E-state index contributed by atoms with van der Waals surface area (Å²) in [4.78, 5) is 31.0. The predicted octanol–water partition coefficient (Wildman–Crippen LogP) is -1.63. The summed E-state index contributed by atoms with van der Waals surface area (Å²) in [6.45, 7) is 6.49. The smallest absolute Gasteiger partial charge is 0.397 e. The van der Waals surface area contributed by atoms with E-state index >= 15 is 0 Å². The van der Waals surface area contributed by atoms with Gasteiger partial charge in [0.05, 0.1) is 0 Å². The Morgan fingerprint density at radius 1 is 0.944 bits per heavy atom. The number of piperazine rings is 1. The van der Waals surface area contributed by atoms with Crippen LogP contribution in [0.1, 0.15) is 6.92 Å². The lowest BCUT2D eigenvalue weighted by molar-refractivity contribution is 0.225. The van der Waals surface area contributed by atoms with Gasteiger partial charge in [-0.15, -0.1) is 0 Å². The van der Waals surface area contributed by atoms with Gasteiger partial charge in [0.25, 0.3) is 0 Å². The highest BCUT2D eigenvalue weighted by Crippen LogP contribution is 2.53. The summed E-state index contributed by atoms with van der Waals surface area (Å²) in [6.07, 6.45) is 0. The fraction of sp³-hybridized carbons (Fsp3) is 1.00. The molecule has 18 heavy (non-hydrogen) atoms. The van der Waals surface area contributed by atoms with E-state index < -0.39 is 15.6 Å². The van der Waals surface area contributed by atoms with Crippen LogP contribution in [0.4, 0.5) is 0 Å². The molecule has 1 heterocycles. The summed E-state index contributed by atoms with van der Waals surface area (Å²) >= 11 is 0. The Morgan fingerprint density at radius 3 is 1.22 bits per heavy atom. The minimum absolute atomic E-state index is 0.250. The van der Waals surface area contributed by atoms with Crippen molar-refractivity contribution < 1.29 is 38.1 Å². The van der Waals surface area contributed by atoms with E-state index in [4.69, 9.17) is 24.7 Å². The Bertz CT molecular complexity index is 241. The monoisotopic (exact) mass is 310 g/mol. The van der Waals surface area contributed by atoms with Crippen molar-refractivity contribution in [1.82, 2.24) is 10.6 Å². The molecule has 10 nitrogen and oxygen atoms in total. The van der Waals surface area contributed by atoms with Crippen molar-refractivity contribution in [2.24, 2.45) is 0 Å². The van der Waals surface area contributed by atoms with E-state index in [1.54, 1.807) is 6.92 Å². The third kappa shape index (κ3) is 25.1. The van der Waals surface area contributed by atoms with E-state index in [0.717, 1.165) is 26.2 Å². The van der Waals surface area contributed by atoms with Gasteiger partial charge in [0, 0.05) is 32.8 Å². The first-order valence-electron chi connectivity index (χ1n) is 4.97. The maximum absolute atomic E-state index is 9.63. The molecule has 0 spiro atoms. The van der Waals surface area contributed by atoms with Crippen LogP contribution in [0, 0.1) is 0 Å². The highest BCUT2D eigenvalue weighted by atomic mass is 31.3. The lowest BCUT2D eigenvalue weighted by Crippen LogP contribution is -2.39. The molecule has 1 fully saturated rings. The molecule has 0 atom stereocenters. The van der Waals surface area contributed by atoms with Gasteiger partial charge in [-0.05, 0) is 6.92 Å². The molecule has 0 aromatic rings. The van der Waals surface area contributed by atoms with Gasteiger partial charge in [-0.3, -0.25) is 0 Å². The quantitative estimate of drug-likeness (QED) is 0.294. The molecule has 1 aliphatic heterocycles. The van der Waals surface area contributed by atoms with Gasteiger partial charge in [-0.25, -0.2) is 9.13 Å². The third-order valence-electron chi connectivity index (χ3n) is 1.17. The molecule has 7 N–H and O–H groups in total. The molecule has 12 heteroatoms. The van der Waals surface area contributed by atoms with E-state index in [9.17, 15) is 9.13 Å². The van der Waals surface area contributed by atoms with Crippen LogP contribution in [0.25, 0.3) is 0 Å². The SMILES string of the molecule is C1CNCCN1.CCO.O=P(O)(O)OP(=O)(O)O. The standard InChI is InChI=1S/C4H10N2.C2H6O.H4O7P2/c1-2-6-4-3-5-1;1-2-3;1-8(2,3)7-9(4,5)6/h5-6H,1-4H2;3H,2H2,1H3;(H2,1,2,3)(H2,4,5,6). The number of rotatable bonds is 2. The maximum atomic E-state index is 9.63. The molecule has 0 aliphatic carbocycles. The molecule has 0 amide bonds. The second-order valence-electron chi connectivity index (χ2n) is 2.88. The van der Waals surface area contributed by atoms with E-state index in [1.807, 2.05) is 0 Å². The Labute approximate surface area is 105 Å². The zero-order valence-electron chi connectivity index (χ0n) is 9.89. The van der Waals surface area contributed by atoms with Crippen LogP contribution in [0.3, 0.4) is 0 Å². The van der Waals surface area contributed by atoms with Gasteiger partial charge in [0.2, 0.25) is 0 Å². The zero-order chi connectivity index (χ0) is 14.7. The molecule has 0 aromatic heterocycles. The minimum Gasteiger partial charge on any atom is -0.397 e. The van der Waals surface area contributed by atoms with Gasteiger partial charge in [0.15, 0.2) is 0 Å². The van der Waals surface area contributed by atoms with E-state index in [0.29, 0.717) is 0 Å². The number of hydrogen-bond donors (Lipinski definition) is 7. The van der Waals surface area contributed by atoms with Crippen molar-refractivity contribution in [2.45, 2.75) is 6.92 Å². The lowest BCUT2D eigenvalue weighted by Gasteiger charge is -2.11. The Hall–Kier alpha value is 0.140. The van der Waals surface area contributed by atoms with Crippen molar-refractivity contribution in [1.29, 1.82) is 0 Å². The summed E-state index contributed by atoms with van der Waals surface area (Å²) in [5.41, 5.74) is 0. The van der Waals surface area contributed by atoms with Gasteiger partial charge >= 0.3 is 15.6 Å². The van der Waals surface area contributed by atoms with Crippen LogP contribution < -0.4 is 10.6 Å². The first-order valence-corrected chi connectivity index (χ1v) is 8.03. The average molecular weight is 310 g/mol. The van der Waals surface area contributed by atoms with Crippen LogP contribution in [0.2, 0.25) is 0 Å².